The standard InChI is InChI=1S/C9H14N2O4/c1-6(3-4-15-2)11-8(13)5-7(12)10-9(11)14/h6H,3-5H2,1-2H3,(H,10,12,14). The minimum absolute atomic E-state index is 0.259. The minimum Gasteiger partial charge on any atom is -0.385 e. The van der Waals surface area contributed by atoms with Crippen molar-refractivity contribution in [2.45, 2.75) is 25.8 Å². The third-order valence-electron chi connectivity index (χ3n) is 2.23. The van der Waals surface area contributed by atoms with Crippen molar-refractivity contribution in [2.24, 2.45) is 0 Å². The molecule has 0 aromatic carbocycles. The number of hydrogen-bond acceptors (Lipinski definition) is 4. The van der Waals surface area contributed by atoms with Crippen LogP contribution in [0, 0.1) is 0 Å². The summed E-state index contributed by atoms with van der Waals surface area (Å²) in [6.45, 7) is 2.21. The van der Waals surface area contributed by atoms with E-state index in [0.717, 1.165) is 4.90 Å². The Kier molecular flexibility index (Phi) is 3.79. The van der Waals surface area contributed by atoms with E-state index in [9.17, 15) is 14.4 Å². The van der Waals surface area contributed by atoms with Crippen LogP contribution in [0.4, 0.5) is 4.79 Å². The summed E-state index contributed by atoms with van der Waals surface area (Å²) in [5.41, 5.74) is 0. The Bertz CT molecular complexity index is 270. The van der Waals surface area contributed by atoms with Gasteiger partial charge in [0.1, 0.15) is 6.42 Å². The van der Waals surface area contributed by atoms with Crippen molar-refractivity contribution in [3.8, 4) is 0 Å². The Balaban J connectivity index is 2.62. The Morgan fingerprint density at radius 1 is 1.47 bits per heavy atom. The van der Waals surface area contributed by atoms with Crippen molar-refractivity contribution in [3.63, 3.8) is 0 Å². The summed E-state index contributed by atoms with van der Waals surface area (Å²) >= 11 is 0. The van der Waals surface area contributed by atoms with E-state index in [1.54, 1.807) is 14.0 Å². The molecule has 0 saturated carbocycles. The molecule has 1 rings (SSSR count). The summed E-state index contributed by atoms with van der Waals surface area (Å²) < 4.78 is 4.86. The lowest BCUT2D eigenvalue weighted by Crippen LogP contribution is -2.55. The lowest BCUT2D eigenvalue weighted by molar-refractivity contribution is -0.137. The Morgan fingerprint density at radius 3 is 2.67 bits per heavy atom. The largest absolute Gasteiger partial charge is 0.385 e. The predicted octanol–water partition coefficient (Wildman–Crippen LogP) is -0.120. The molecule has 1 fully saturated rings. The van der Waals surface area contributed by atoms with Crippen LogP contribution in [-0.4, -0.2) is 42.5 Å². The first kappa shape index (κ1) is 11.6. The summed E-state index contributed by atoms with van der Waals surface area (Å²) in [5.74, 6) is -0.993. The highest BCUT2D eigenvalue weighted by Crippen LogP contribution is 2.10. The molecule has 6 heteroatoms. The molecular formula is C9H14N2O4. The van der Waals surface area contributed by atoms with E-state index in [1.165, 1.54) is 0 Å². The molecule has 1 N–H and O–H groups in total. The van der Waals surface area contributed by atoms with Crippen LogP contribution in [0.15, 0.2) is 0 Å². The maximum Gasteiger partial charge on any atom is 0.331 e. The van der Waals surface area contributed by atoms with Crippen molar-refractivity contribution < 1.29 is 19.1 Å². The molecule has 0 spiro atoms. The van der Waals surface area contributed by atoms with Crippen molar-refractivity contribution >= 4 is 17.8 Å². The molecule has 0 bridgehead atoms. The monoisotopic (exact) mass is 214 g/mol. The lowest BCUT2D eigenvalue weighted by atomic mass is 10.2. The first-order valence-corrected chi connectivity index (χ1v) is 4.71. The van der Waals surface area contributed by atoms with Gasteiger partial charge in [-0.25, -0.2) is 4.79 Å². The zero-order chi connectivity index (χ0) is 11.4. The van der Waals surface area contributed by atoms with E-state index in [0.29, 0.717) is 13.0 Å². The van der Waals surface area contributed by atoms with Gasteiger partial charge in [-0.2, -0.15) is 0 Å². The molecule has 1 aliphatic rings. The zero-order valence-corrected chi connectivity index (χ0v) is 8.78. The molecule has 4 amide bonds. The second kappa shape index (κ2) is 4.88. The number of barbiturate groups is 1. The number of methoxy groups -OCH3 is 1. The van der Waals surface area contributed by atoms with E-state index in [1.807, 2.05) is 0 Å². The quantitative estimate of drug-likeness (QED) is 0.662. The van der Waals surface area contributed by atoms with Crippen LogP contribution in [0.5, 0.6) is 0 Å². The Labute approximate surface area is 87.6 Å². The van der Waals surface area contributed by atoms with Crippen molar-refractivity contribution in [2.75, 3.05) is 13.7 Å². The van der Waals surface area contributed by atoms with E-state index in [2.05, 4.69) is 5.32 Å². The number of ether oxygens (including phenoxy) is 1. The number of hydrogen-bond donors (Lipinski definition) is 1. The minimum atomic E-state index is -0.639. The smallest absolute Gasteiger partial charge is 0.331 e. The average molecular weight is 214 g/mol. The maximum absolute atomic E-state index is 11.4. The summed E-state index contributed by atoms with van der Waals surface area (Å²) in [6, 6.07) is -0.898. The molecule has 0 aliphatic carbocycles. The average Bonchev–Trinajstić information content (AvgIpc) is 2.12. The Morgan fingerprint density at radius 2 is 2.13 bits per heavy atom. The van der Waals surface area contributed by atoms with Crippen LogP contribution in [-0.2, 0) is 14.3 Å². The summed E-state index contributed by atoms with van der Waals surface area (Å²) in [6.07, 6.45) is 0.299. The second-order valence-electron chi connectivity index (χ2n) is 3.42. The first-order valence-electron chi connectivity index (χ1n) is 4.71. The lowest BCUT2D eigenvalue weighted by Gasteiger charge is -2.29. The highest BCUT2D eigenvalue weighted by atomic mass is 16.5. The molecule has 0 aromatic rings. The first-order chi connectivity index (χ1) is 7.06. The van der Waals surface area contributed by atoms with Crippen LogP contribution < -0.4 is 5.32 Å². The van der Waals surface area contributed by atoms with Crippen molar-refractivity contribution in [1.82, 2.24) is 10.2 Å². The highest BCUT2D eigenvalue weighted by molar-refractivity contribution is 6.14. The van der Waals surface area contributed by atoms with Crippen LogP contribution in [0.2, 0.25) is 0 Å². The van der Waals surface area contributed by atoms with Gasteiger partial charge in [0, 0.05) is 19.8 Å². The molecule has 0 radical (unpaired) electrons. The molecule has 15 heavy (non-hydrogen) atoms. The topological polar surface area (TPSA) is 75.7 Å². The van der Waals surface area contributed by atoms with Crippen LogP contribution >= 0.6 is 0 Å². The van der Waals surface area contributed by atoms with Gasteiger partial charge in [-0.3, -0.25) is 19.8 Å². The van der Waals surface area contributed by atoms with Crippen molar-refractivity contribution in [1.29, 1.82) is 0 Å². The summed E-state index contributed by atoms with van der Waals surface area (Å²) in [4.78, 5) is 34.7. The third kappa shape index (κ3) is 2.76. The molecule has 1 unspecified atom stereocenters. The van der Waals surface area contributed by atoms with E-state index in [4.69, 9.17) is 4.74 Å². The summed E-state index contributed by atoms with van der Waals surface area (Å²) in [7, 11) is 1.55. The number of amides is 4. The van der Waals surface area contributed by atoms with Crippen LogP contribution in [0.1, 0.15) is 19.8 Å². The Hall–Kier alpha value is -1.43. The van der Waals surface area contributed by atoms with Crippen molar-refractivity contribution in [3.05, 3.63) is 0 Å². The molecule has 6 nitrogen and oxygen atoms in total. The van der Waals surface area contributed by atoms with Gasteiger partial charge < -0.3 is 4.74 Å². The molecule has 0 aromatic heterocycles. The van der Waals surface area contributed by atoms with Gasteiger partial charge in [0.15, 0.2) is 0 Å². The molecule has 1 heterocycles. The molecular weight excluding hydrogens is 200 g/mol. The van der Waals surface area contributed by atoms with Gasteiger partial charge in [-0.05, 0) is 13.3 Å². The third-order valence-corrected chi connectivity index (χ3v) is 2.23. The fourth-order valence-electron chi connectivity index (χ4n) is 1.42. The van der Waals surface area contributed by atoms with E-state index in [-0.39, 0.29) is 12.5 Å². The normalized spacial score (nSPS) is 19.1. The van der Waals surface area contributed by atoms with Gasteiger partial charge in [-0.15, -0.1) is 0 Å². The number of imide groups is 2. The van der Waals surface area contributed by atoms with Gasteiger partial charge in [-0.1, -0.05) is 0 Å². The van der Waals surface area contributed by atoms with Gasteiger partial charge >= 0.3 is 6.03 Å². The highest BCUT2D eigenvalue weighted by Gasteiger charge is 2.33. The van der Waals surface area contributed by atoms with Gasteiger partial charge in [0.05, 0.1) is 0 Å². The molecule has 1 aliphatic heterocycles. The zero-order valence-electron chi connectivity index (χ0n) is 8.78. The van der Waals surface area contributed by atoms with Crippen LogP contribution in [0.25, 0.3) is 0 Å². The molecule has 1 atom stereocenters. The SMILES string of the molecule is COCCC(C)N1C(=O)CC(=O)NC1=O. The van der Waals surface area contributed by atoms with E-state index < -0.39 is 17.8 Å². The fraction of sp³-hybridized carbons (Fsp3) is 0.667. The fourth-order valence-corrected chi connectivity index (χ4v) is 1.42. The number of carbonyl (C=O) groups excluding carboxylic acids is 3. The van der Waals surface area contributed by atoms with Crippen LogP contribution in [0.3, 0.4) is 0 Å². The van der Waals surface area contributed by atoms with Gasteiger partial charge in [0.25, 0.3) is 0 Å². The number of urea groups is 1. The van der Waals surface area contributed by atoms with Gasteiger partial charge in [0.2, 0.25) is 11.8 Å². The predicted molar refractivity (Wildman–Crippen MR) is 51.0 cm³/mol. The number of nitrogens with zero attached hydrogens (tertiary/aromatic N) is 1. The van der Waals surface area contributed by atoms with E-state index >= 15 is 0 Å². The molecule has 1 saturated heterocycles. The molecule has 84 valence electrons. The second-order valence-corrected chi connectivity index (χ2v) is 3.42. The number of nitrogens with one attached hydrogen (secondary N) is 1. The maximum atomic E-state index is 11.4. The number of carbonyl (C=O) groups is 3. The summed E-state index contributed by atoms with van der Waals surface area (Å²) in [5, 5.41) is 2.10. The number of rotatable bonds is 4.